The smallest absolute Gasteiger partial charge is 0.328 e. The lowest BCUT2D eigenvalue weighted by molar-refractivity contribution is -0.152. The van der Waals surface area contributed by atoms with Gasteiger partial charge in [-0.3, -0.25) is 4.79 Å². The zero-order valence-electron chi connectivity index (χ0n) is 11.9. The van der Waals surface area contributed by atoms with E-state index in [1.807, 2.05) is 20.8 Å². The molecule has 5 nitrogen and oxygen atoms in total. The number of carbonyl (C=O) groups excluding carboxylic acids is 2. The van der Waals surface area contributed by atoms with Crippen LogP contribution in [0.5, 0.6) is 0 Å². The molecule has 5 heteroatoms. The summed E-state index contributed by atoms with van der Waals surface area (Å²) in [6.07, 6.45) is 1.55. The fourth-order valence-electron chi connectivity index (χ4n) is 2.50. The predicted octanol–water partition coefficient (Wildman–Crippen LogP) is 0.784. The van der Waals surface area contributed by atoms with Crippen LogP contribution in [0.3, 0.4) is 0 Å². The molecule has 2 atom stereocenters. The molecule has 0 bridgehead atoms. The van der Waals surface area contributed by atoms with Gasteiger partial charge in [-0.15, -0.1) is 0 Å². The van der Waals surface area contributed by atoms with E-state index in [0.717, 1.165) is 6.42 Å². The van der Waals surface area contributed by atoms with Gasteiger partial charge in [0.1, 0.15) is 6.04 Å². The van der Waals surface area contributed by atoms with Crippen LogP contribution in [0.4, 0.5) is 0 Å². The van der Waals surface area contributed by atoms with Gasteiger partial charge in [0.25, 0.3) is 0 Å². The predicted molar refractivity (Wildman–Crippen MR) is 69.1 cm³/mol. The van der Waals surface area contributed by atoms with E-state index >= 15 is 0 Å². The molecule has 1 unspecified atom stereocenters. The Balaban J connectivity index is 2.85. The quantitative estimate of drug-likeness (QED) is 0.758. The van der Waals surface area contributed by atoms with E-state index in [1.165, 1.54) is 7.11 Å². The van der Waals surface area contributed by atoms with E-state index in [2.05, 4.69) is 5.32 Å². The summed E-state index contributed by atoms with van der Waals surface area (Å²) in [6, 6.07) is -0.705. The zero-order chi connectivity index (χ0) is 13.9. The number of ether oxygens (including phenoxy) is 1. The molecule has 18 heavy (non-hydrogen) atoms. The van der Waals surface area contributed by atoms with Crippen molar-refractivity contribution in [3.8, 4) is 0 Å². The van der Waals surface area contributed by atoms with Crippen LogP contribution in [-0.4, -0.2) is 49.6 Å². The minimum atomic E-state index is -0.416. The minimum absolute atomic E-state index is 0.0158. The number of likely N-dealkylation sites (N-methyl/N-ethyl adjacent to an activating group) is 1. The van der Waals surface area contributed by atoms with E-state index < -0.39 is 6.04 Å². The minimum Gasteiger partial charge on any atom is -0.467 e. The van der Waals surface area contributed by atoms with E-state index in [9.17, 15) is 9.59 Å². The van der Waals surface area contributed by atoms with Gasteiger partial charge in [0.15, 0.2) is 0 Å². The van der Waals surface area contributed by atoms with E-state index in [4.69, 9.17) is 4.74 Å². The third-order valence-corrected chi connectivity index (χ3v) is 3.41. The molecule has 0 aromatic carbocycles. The molecule has 1 heterocycles. The molecule has 1 fully saturated rings. The number of esters is 1. The van der Waals surface area contributed by atoms with Crippen LogP contribution in [0.1, 0.15) is 33.6 Å². The van der Waals surface area contributed by atoms with Crippen LogP contribution in [0.2, 0.25) is 0 Å². The first kappa shape index (κ1) is 15.0. The highest BCUT2D eigenvalue weighted by Crippen LogP contribution is 2.25. The summed E-state index contributed by atoms with van der Waals surface area (Å²) < 4.78 is 4.76. The van der Waals surface area contributed by atoms with Crippen molar-refractivity contribution in [1.82, 2.24) is 10.2 Å². The van der Waals surface area contributed by atoms with Crippen LogP contribution >= 0.6 is 0 Å². The van der Waals surface area contributed by atoms with Crippen molar-refractivity contribution < 1.29 is 14.3 Å². The topological polar surface area (TPSA) is 58.6 Å². The Morgan fingerprint density at radius 2 is 2.00 bits per heavy atom. The van der Waals surface area contributed by atoms with Gasteiger partial charge in [-0.2, -0.15) is 0 Å². The summed E-state index contributed by atoms with van der Waals surface area (Å²) in [5, 5.41) is 3.05. The molecule has 0 saturated carbocycles. The molecule has 1 aliphatic heterocycles. The normalized spacial score (nSPS) is 21.8. The van der Waals surface area contributed by atoms with Gasteiger partial charge in [0.2, 0.25) is 5.91 Å². The highest BCUT2D eigenvalue weighted by molar-refractivity contribution is 5.88. The van der Waals surface area contributed by atoms with E-state index in [0.29, 0.717) is 13.0 Å². The molecule has 0 spiro atoms. The first-order valence-corrected chi connectivity index (χ1v) is 6.38. The summed E-state index contributed by atoms with van der Waals surface area (Å²) in [4.78, 5) is 25.8. The first-order valence-electron chi connectivity index (χ1n) is 6.38. The highest BCUT2D eigenvalue weighted by Gasteiger charge is 2.40. The maximum atomic E-state index is 12.5. The molecule has 0 radical (unpaired) electrons. The Kier molecular flexibility index (Phi) is 4.73. The molecule has 1 rings (SSSR count). The molecule has 1 N–H and O–H groups in total. The monoisotopic (exact) mass is 256 g/mol. The lowest BCUT2D eigenvalue weighted by atomic mass is 9.86. The Morgan fingerprint density at radius 1 is 1.39 bits per heavy atom. The zero-order valence-corrected chi connectivity index (χ0v) is 11.9. The summed E-state index contributed by atoms with van der Waals surface area (Å²) in [6.45, 7) is 6.66. The number of nitrogens with one attached hydrogen (secondary N) is 1. The van der Waals surface area contributed by atoms with Crippen molar-refractivity contribution in [3.05, 3.63) is 0 Å². The molecule has 0 aliphatic carbocycles. The molecule has 1 aliphatic rings. The molecule has 1 saturated heterocycles. The number of rotatable bonds is 3. The highest BCUT2D eigenvalue weighted by atomic mass is 16.5. The van der Waals surface area contributed by atoms with Crippen LogP contribution < -0.4 is 5.32 Å². The number of likely N-dealkylation sites (tertiary alicyclic amines) is 1. The van der Waals surface area contributed by atoms with Crippen molar-refractivity contribution in [2.75, 3.05) is 20.7 Å². The average molecular weight is 256 g/mol. The van der Waals surface area contributed by atoms with Crippen molar-refractivity contribution in [1.29, 1.82) is 0 Å². The Morgan fingerprint density at radius 3 is 2.44 bits per heavy atom. The summed E-state index contributed by atoms with van der Waals surface area (Å²) in [7, 11) is 3.14. The Labute approximate surface area is 109 Å². The second kappa shape index (κ2) is 5.69. The maximum Gasteiger partial charge on any atom is 0.328 e. The van der Waals surface area contributed by atoms with Gasteiger partial charge in [0.05, 0.1) is 13.2 Å². The number of hydrogen-bond donors (Lipinski definition) is 1. The number of carbonyl (C=O) groups is 2. The second-order valence-electron chi connectivity index (χ2n) is 5.80. The summed E-state index contributed by atoms with van der Waals surface area (Å²) in [5.41, 5.74) is -0.185. The Bertz CT molecular complexity index is 323. The standard InChI is InChI=1S/C13H24N2O3/c1-13(2,3)10(14-4)11(16)15-8-6-7-9(15)12(17)18-5/h9-10,14H,6-8H2,1-5H3/t9?,10-/m1/s1. The number of amides is 1. The lowest BCUT2D eigenvalue weighted by Gasteiger charge is -2.34. The van der Waals surface area contributed by atoms with Crippen LogP contribution in [0.15, 0.2) is 0 Å². The SMILES string of the molecule is CN[C@H](C(=O)N1CCCC1C(=O)OC)C(C)(C)C. The fourth-order valence-corrected chi connectivity index (χ4v) is 2.50. The summed E-state index contributed by atoms with van der Waals surface area (Å²) in [5.74, 6) is -0.331. The third kappa shape index (κ3) is 3.02. The van der Waals surface area contributed by atoms with E-state index in [1.54, 1.807) is 11.9 Å². The maximum absolute atomic E-state index is 12.5. The van der Waals surface area contributed by atoms with Crippen LogP contribution in [-0.2, 0) is 14.3 Å². The van der Waals surface area contributed by atoms with Crippen LogP contribution in [0.25, 0.3) is 0 Å². The lowest BCUT2D eigenvalue weighted by Crippen LogP contribution is -2.54. The Hall–Kier alpha value is -1.10. The van der Waals surface area contributed by atoms with Gasteiger partial charge in [-0.1, -0.05) is 20.8 Å². The fraction of sp³-hybridized carbons (Fsp3) is 0.846. The number of hydrogen-bond acceptors (Lipinski definition) is 4. The molecule has 0 aromatic heterocycles. The van der Waals surface area contributed by atoms with Gasteiger partial charge >= 0.3 is 5.97 Å². The first-order chi connectivity index (χ1) is 8.32. The van der Waals surface area contributed by atoms with Crippen LogP contribution in [0, 0.1) is 5.41 Å². The average Bonchev–Trinajstić information content (AvgIpc) is 2.75. The third-order valence-electron chi connectivity index (χ3n) is 3.41. The molecular formula is C13H24N2O3. The van der Waals surface area contributed by atoms with Crippen molar-refractivity contribution >= 4 is 11.9 Å². The number of nitrogens with zero attached hydrogens (tertiary/aromatic N) is 1. The van der Waals surface area contributed by atoms with Crippen molar-refractivity contribution in [2.24, 2.45) is 5.41 Å². The molecule has 104 valence electrons. The van der Waals surface area contributed by atoms with E-state index in [-0.39, 0.29) is 23.3 Å². The largest absolute Gasteiger partial charge is 0.467 e. The van der Waals surface area contributed by atoms with Crippen molar-refractivity contribution in [2.45, 2.75) is 45.7 Å². The molecular weight excluding hydrogens is 232 g/mol. The van der Waals surface area contributed by atoms with Gasteiger partial charge in [-0.05, 0) is 25.3 Å². The second-order valence-corrected chi connectivity index (χ2v) is 5.80. The summed E-state index contributed by atoms with van der Waals surface area (Å²) >= 11 is 0. The number of methoxy groups -OCH3 is 1. The molecule has 0 aromatic rings. The van der Waals surface area contributed by atoms with Gasteiger partial charge < -0.3 is 15.0 Å². The van der Waals surface area contributed by atoms with Crippen molar-refractivity contribution in [3.63, 3.8) is 0 Å². The van der Waals surface area contributed by atoms with Gasteiger partial charge in [-0.25, -0.2) is 4.79 Å². The van der Waals surface area contributed by atoms with Gasteiger partial charge in [0, 0.05) is 6.54 Å². The molecule has 1 amide bonds.